The molecule has 1 amide bonds. The normalized spacial score (nSPS) is 21.6. The second-order valence-electron chi connectivity index (χ2n) is 7.32. The van der Waals surface area contributed by atoms with Gasteiger partial charge in [0.2, 0.25) is 5.91 Å². The van der Waals surface area contributed by atoms with E-state index in [9.17, 15) is 4.79 Å². The molecule has 140 valence electrons. The van der Waals surface area contributed by atoms with Crippen molar-refractivity contribution in [1.29, 1.82) is 0 Å². The Labute approximate surface area is 154 Å². The zero-order valence-corrected chi connectivity index (χ0v) is 15.4. The van der Waals surface area contributed by atoms with Gasteiger partial charge in [-0.1, -0.05) is 12.1 Å². The molecule has 1 atom stereocenters. The Morgan fingerprint density at radius 3 is 2.81 bits per heavy atom. The van der Waals surface area contributed by atoms with Crippen LogP contribution in [-0.4, -0.2) is 59.4 Å². The van der Waals surface area contributed by atoms with E-state index in [0.29, 0.717) is 12.5 Å². The molecule has 26 heavy (non-hydrogen) atoms. The topological polar surface area (TPSA) is 56.6 Å². The summed E-state index contributed by atoms with van der Waals surface area (Å²) in [7, 11) is 2.08. The maximum atomic E-state index is 12.4. The molecule has 6 nitrogen and oxygen atoms in total. The van der Waals surface area contributed by atoms with E-state index in [-0.39, 0.29) is 18.6 Å². The number of benzene rings is 1. The highest BCUT2D eigenvalue weighted by Gasteiger charge is 2.27. The van der Waals surface area contributed by atoms with Crippen LogP contribution in [0.15, 0.2) is 24.3 Å². The van der Waals surface area contributed by atoms with Crippen LogP contribution in [0.3, 0.4) is 0 Å². The number of aromatic nitrogens is 2. The molecule has 2 saturated heterocycles. The summed E-state index contributed by atoms with van der Waals surface area (Å²) < 4.78 is 13.3. The maximum absolute atomic E-state index is 12.4. The average Bonchev–Trinajstić information content (AvgIpc) is 3.30. The van der Waals surface area contributed by atoms with E-state index in [2.05, 4.69) is 23.7 Å². The van der Waals surface area contributed by atoms with Gasteiger partial charge in [0.05, 0.1) is 23.7 Å². The van der Waals surface area contributed by atoms with Gasteiger partial charge in [-0.3, -0.25) is 4.79 Å². The molecular weight excluding hydrogens is 330 g/mol. The van der Waals surface area contributed by atoms with Crippen LogP contribution in [0, 0.1) is 0 Å². The molecule has 0 saturated carbocycles. The number of ether oxygens (including phenoxy) is 2. The number of amides is 1. The van der Waals surface area contributed by atoms with Crippen molar-refractivity contribution in [3.63, 3.8) is 0 Å². The summed E-state index contributed by atoms with van der Waals surface area (Å²) in [6, 6.07) is 8.24. The van der Waals surface area contributed by atoms with Gasteiger partial charge >= 0.3 is 0 Å². The number of carbonyl (C=O) groups is 1. The van der Waals surface area contributed by atoms with E-state index < -0.39 is 0 Å². The van der Waals surface area contributed by atoms with Gasteiger partial charge in [-0.05, 0) is 37.8 Å². The number of aryl methyl sites for hydroxylation is 1. The number of carbonyl (C=O) groups excluding carboxylic acids is 1. The van der Waals surface area contributed by atoms with Crippen molar-refractivity contribution in [3.05, 3.63) is 30.1 Å². The number of hydrogen-bond acceptors (Lipinski definition) is 4. The van der Waals surface area contributed by atoms with Crippen LogP contribution >= 0.6 is 0 Å². The van der Waals surface area contributed by atoms with Gasteiger partial charge in [-0.15, -0.1) is 0 Å². The maximum Gasteiger partial charge on any atom is 0.248 e. The Balaban J connectivity index is 1.29. The first-order valence-electron chi connectivity index (χ1n) is 9.61. The molecule has 2 fully saturated rings. The summed E-state index contributed by atoms with van der Waals surface area (Å²) in [4.78, 5) is 19.1. The average molecular weight is 357 g/mol. The predicted molar refractivity (Wildman–Crippen MR) is 99.1 cm³/mol. The van der Waals surface area contributed by atoms with Crippen molar-refractivity contribution in [2.45, 2.75) is 37.7 Å². The van der Waals surface area contributed by atoms with E-state index in [1.165, 1.54) is 5.52 Å². The van der Waals surface area contributed by atoms with Gasteiger partial charge < -0.3 is 18.9 Å². The third-order valence-corrected chi connectivity index (χ3v) is 5.59. The summed E-state index contributed by atoms with van der Waals surface area (Å²) in [5.41, 5.74) is 2.22. The van der Waals surface area contributed by atoms with Crippen LogP contribution in [0.5, 0.6) is 0 Å². The molecule has 0 aliphatic carbocycles. The molecule has 1 aromatic carbocycles. The fraction of sp³-hybridized carbons (Fsp3) is 0.600. The zero-order valence-electron chi connectivity index (χ0n) is 15.4. The molecule has 6 heteroatoms. The predicted octanol–water partition coefficient (Wildman–Crippen LogP) is 2.47. The monoisotopic (exact) mass is 357 g/mol. The third-order valence-electron chi connectivity index (χ3n) is 5.59. The van der Waals surface area contributed by atoms with E-state index in [1.54, 1.807) is 0 Å². The van der Waals surface area contributed by atoms with Crippen LogP contribution < -0.4 is 0 Å². The van der Waals surface area contributed by atoms with Crippen molar-refractivity contribution in [2.24, 2.45) is 7.05 Å². The summed E-state index contributed by atoms with van der Waals surface area (Å²) in [5, 5.41) is 0. The van der Waals surface area contributed by atoms with Gasteiger partial charge in [-0.2, -0.15) is 0 Å². The molecule has 4 rings (SSSR count). The second kappa shape index (κ2) is 7.76. The van der Waals surface area contributed by atoms with Crippen molar-refractivity contribution in [3.8, 4) is 0 Å². The van der Waals surface area contributed by atoms with Crippen LogP contribution in [0.4, 0.5) is 0 Å². The molecule has 0 radical (unpaired) electrons. The standard InChI is InChI=1S/C20H27N3O3/c1-22-18-7-3-2-6-17(18)21-20(22)15-8-10-23(11-9-15)19(24)14-25-13-16-5-4-12-26-16/h2-3,6-7,15-16H,4-5,8-14H2,1H3/t16-/m1/s1. The molecule has 0 N–H and O–H groups in total. The molecule has 1 aromatic heterocycles. The van der Waals surface area contributed by atoms with Gasteiger partial charge in [0.25, 0.3) is 0 Å². The lowest BCUT2D eigenvalue weighted by Gasteiger charge is -2.31. The zero-order chi connectivity index (χ0) is 17.9. The number of likely N-dealkylation sites (tertiary alicyclic amines) is 1. The Morgan fingerprint density at radius 1 is 1.27 bits per heavy atom. The molecule has 2 aromatic rings. The number of rotatable bonds is 5. The molecule has 2 aliphatic rings. The fourth-order valence-electron chi connectivity index (χ4n) is 4.06. The quantitative estimate of drug-likeness (QED) is 0.825. The van der Waals surface area contributed by atoms with Crippen molar-refractivity contribution < 1.29 is 14.3 Å². The largest absolute Gasteiger partial charge is 0.376 e. The van der Waals surface area contributed by atoms with Crippen LogP contribution in [0.25, 0.3) is 11.0 Å². The lowest BCUT2D eigenvalue weighted by Crippen LogP contribution is -2.40. The number of piperidine rings is 1. The first-order chi connectivity index (χ1) is 12.7. The minimum Gasteiger partial charge on any atom is -0.376 e. The first kappa shape index (κ1) is 17.5. The van der Waals surface area contributed by atoms with Crippen LogP contribution in [0.1, 0.15) is 37.4 Å². The van der Waals surface area contributed by atoms with Crippen LogP contribution in [0.2, 0.25) is 0 Å². The second-order valence-corrected chi connectivity index (χ2v) is 7.32. The SMILES string of the molecule is Cn1c(C2CCN(C(=O)COC[C@H]3CCCO3)CC2)nc2ccccc21. The number of fused-ring (bicyclic) bond motifs is 1. The summed E-state index contributed by atoms with van der Waals surface area (Å²) >= 11 is 0. The van der Waals surface area contributed by atoms with Gasteiger partial charge in [0, 0.05) is 32.7 Å². The summed E-state index contributed by atoms with van der Waals surface area (Å²) in [6.07, 6.45) is 4.21. The van der Waals surface area contributed by atoms with Gasteiger partial charge in [-0.25, -0.2) is 4.98 Å². The fourth-order valence-corrected chi connectivity index (χ4v) is 4.06. The Morgan fingerprint density at radius 2 is 2.08 bits per heavy atom. The molecular formula is C20H27N3O3. The summed E-state index contributed by atoms with van der Waals surface area (Å²) in [5.74, 6) is 1.63. The van der Waals surface area contributed by atoms with E-state index >= 15 is 0 Å². The van der Waals surface area contributed by atoms with Crippen molar-refractivity contribution in [2.75, 3.05) is 32.9 Å². The van der Waals surface area contributed by atoms with E-state index in [1.807, 2.05) is 17.0 Å². The van der Waals surface area contributed by atoms with E-state index in [4.69, 9.17) is 14.5 Å². The number of hydrogen-bond donors (Lipinski definition) is 0. The highest BCUT2D eigenvalue weighted by atomic mass is 16.5. The molecule has 0 spiro atoms. The lowest BCUT2D eigenvalue weighted by atomic mass is 9.96. The van der Waals surface area contributed by atoms with Crippen molar-refractivity contribution in [1.82, 2.24) is 14.5 Å². The smallest absolute Gasteiger partial charge is 0.248 e. The van der Waals surface area contributed by atoms with E-state index in [0.717, 1.165) is 56.7 Å². The highest BCUT2D eigenvalue weighted by Crippen LogP contribution is 2.29. The Kier molecular flexibility index (Phi) is 5.22. The molecule has 3 heterocycles. The molecule has 0 bridgehead atoms. The molecule has 0 unspecified atom stereocenters. The first-order valence-corrected chi connectivity index (χ1v) is 9.61. The Hall–Kier alpha value is -1.92. The summed E-state index contributed by atoms with van der Waals surface area (Å²) in [6.45, 7) is 3.06. The third kappa shape index (κ3) is 3.62. The minimum absolute atomic E-state index is 0.0893. The van der Waals surface area contributed by atoms with Crippen LogP contribution in [-0.2, 0) is 21.3 Å². The number of para-hydroxylation sites is 2. The molecule has 2 aliphatic heterocycles. The van der Waals surface area contributed by atoms with Gasteiger partial charge in [0.1, 0.15) is 12.4 Å². The van der Waals surface area contributed by atoms with Gasteiger partial charge in [0.15, 0.2) is 0 Å². The highest BCUT2D eigenvalue weighted by molar-refractivity contribution is 5.78. The number of nitrogens with zero attached hydrogens (tertiary/aromatic N) is 3. The lowest BCUT2D eigenvalue weighted by molar-refractivity contribution is -0.138. The Bertz CT molecular complexity index is 759. The van der Waals surface area contributed by atoms with Crippen molar-refractivity contribution >= 4 is 16.9 Å². The minimum atomic E-state index is 0.0893. The number of imidazole rings is 1.